The van der Waals surface area contributed by atoms with Crippen molar-refractivity contribution < 1.29 is 14.3 Å². The molecule has 0 radical (unpaired) electrons. The van der Waals surface area contributed by atoms with E-state index in [1.54, 1.807) is 6.92 Å². The molecule has 0 rings (SSSR count). The van der Waals surface area contributed by atoms with Crippen molar-refractivity contribution >= 4 is 11.8 Å². The van der Waals surface area contributed by atoms with Gasteiger partial charge in [-0.1, -0.05) is 59.8 Å². The number of hydrogen-bond donors (Lipinski definition) is 0. The van der Waals surface area contributed by atoms with Crippen LogP contribution >= 0.6 is 0 Å². The number of carbonyl (C=O) groups is 2. The van der Waals surface area contributed by atoms with Gasteiger partial charge < -0.3 is 4.74 Å². The lowest BCUT2D eigenvalue weighted by Crippen LogP contribution is -2.27. The molecule has 0 aromatic heterocycles. The van der Waals surface area contributed by atoms with Gasteiger partial charge >= 0.3 is 5.97 Å². The lowest BCUT2D eigenvalue weighted by Gasteiger charge is -2.17. The fraction of sp³-hybridized carbons (Fsp3) is 0.875. The molecule has 0 aliphatic rings. The highest BCUT2D eigenvalue weighted by Crippen LogP contribution is 2.15. The van der Waals surface area contributed by atoms with Crippen molar-refractivity contribution in [2.45, 2.75) is 72.6 Å². The van der Waals surface area contributed by atoms with E-state index in [4.69, 9.17) is 4.74 Å². The molecule has 0 saturated heterocycles. The standard InChI is InChI=1S/C16H30O3/c1-5-7-8-9-10-11-12-19-16(18)14(4)13(3)15(17)6-2/h13-14H,5-12H2,1-4H3. The topological polar surface area (TPSA) is 43.4 Å². The van der Waals surface area contributed by atoms with Gasteiger partial charge in [0, 0.05) is 12.3 Å². The normalized spacial score (nSPS) is 13.9. The van der Waals surface area contributed by atoms with Gasteiger partial charge in [0.15, 0.2) is 0 Å². The molecule has 0 aliphatic heterocycles. The first-order valence-corrected chi connectivity index (χ1v) is 7.73. The number of carbonyl (C=O) groups excluding carboxylic acids is 2. The third kappa shape index (κ3) is 8.02. The number of Topliss-reactive ketones (excluding diaryl/α,β-unsaturated/α-hetero) is 1. The predicted octanol–water partition coefficient (Wildman–Crippen LogP) is 4.14. The van der Waals surface area contributed by atoms with Crippen LogP contribution < -0.4 is 0 Å². The average molecular weight is 270 g/mol. The molecule has 0 fully saturated rings. The largest absolute Gasteiger partial charge is 0.465 e. The molecule has 0 N–H and O–H groups in total. The lowest BCUT2D eigenvalue weighted by molar-refractivity contribution is -0.151. The van der Waals surface area contributed by atoms with Gasteiger partial charge in [0.1, 0.15) is 5.78 Å². The molecule has 0 amide bonds. The summed E-state index contributed by atoms with van der Waals surface area (Å²) in [5, 5.41) is 0. The molecule has 0 bridgehead atoms. The van der Waals surface area contributed by atoms with Gasteiger partial charge in [0.2, 0.25) is 0 Å². The highest BCUT2D eigenvalue weighted by atomic mass is 16.5. The van der Waals surface area contributed by atoms with Gasteiger partial charge in [-0.15, -0.1) is 0 Å². The van der Waals surface area contributed by atoms with Crippen molar-refractivity contribution in [1.82, 2.24) is 0 Å². The smallest absolute Gasteiger partial charge is 0.309 e. The first-order chi connectivity index (χ1) is 9.04. The Labute approximate surface area is 118 Å². The Balaban J connectivity index is 3.71. The van der Waals surface area contributed by atoms with Crippen LogP contribution in [0, 0.1) is 11.8 Å². The number of ether oxygens (including phenoxy) is 1. The van der Waals surface area contributed by atoms with Gasteiger partial charge in [0.25, 0.3) is 0 Å². The van der Waals surface area contributed by atoms with Gasteiger partial charge in [-0.2, -0.15) is 0 Å². The summed E-state index contributed by atoms with van der Waals surface area (Å²) in [6.07, 6.45) is 7.54. The fourth-order valence-electron chi connectivity index (χ4n) is 1.99. The third-order valence-electron chi connectivity index (χ3n) is 3.72. The summed E-state index contributed by atoms with van der Waals surface area (Å²) >= 11 is 0. The zero-order valence-electron chi connectivity index (χ0n) is 13.0. The minimum atomic E-state index is -0.326. The summed E-state index contributed by atoms with van der Waals surface area (Å²) in [4.78, 5) is 23.3. The quantitative estimate of drug-likeness (QED) is 0.418. The molecule has 0 aromatic carbocycles. The van der Waals surface area contributed by atoms with E-state index in [-0.39, 0.29) is 23.6 Å². The second kappa shape index (κ2) is 11.0. The van der Waals surface area contributed by atoms with E-state index in [9.17, 15) is 9.59 Å². The van der Waals surface area contributed by atoms with Gasteiger partial charge in [-0.25, -0.2) is 0 Å². The van der Waals surface area contributed by atoms with Crippen LogP contribution in [0.2, 0.25) is 0 Å². The van der Waals surface area contributed by atoms with E-state index in [1.807, 2.05) is 13.8 Å². The average Bonchev–Trinajstić information content (AvgIpc) is 2.43. The Kier molecular flexibility index (Phi) is 10.5. The number of hydrogen-bond acceptors (Lipinski definition) is 3. The Bertz CT molecular complexity index is 261. The zero-order valence-corrected chi connectivity index (χ0v) is 13.0. The molecule has 3 nitrogen and oxygen atoms in total. The molecule has 0 aliphatic carbocycles. The van der Waals surface area contributed by atoms with Crippen LogP contribution in [-0.2, 0) is 14.3 Å². The Hall–Kier alpha value is -0.860. The van der Waals surface area contributed by atoms with Crippen LogP contribution in [0.3, 0.4) is 0 Å². The second-order valence-corrected chi connectivity index (χ2v) is 5.33. The van der Waals surface area contributed by atoms with Gasteiger partial charge in [0.05, 0.1) is 12.5 Å². The molecular weight excluding hydrogens is 240 g/mol. The highest BCUT2D eigenvalue weighted by molar-refractivity contribution is 5.86. The van der Waals surface area contributed by atoms with Crippen molar-refractivity contribution in [3.8, 4) is 0 Å². The van der Waals surface area contributed by atoms with E-state index in [0.717, 1.165) is 12.8 Å². The molecule has 0 heterocycles. The molecule has 2 atom stereocenters. The predicted molar refractivity (Wildman–Crippen MR) is 78.0 cm³/mol. The Morgan fingerprint density at radius 3 is 2.05 bits per heavy atom. The minimum absolute atomic E-state index is 0.129. The third-order valence-corrected chi connectivity index (χ3v) is 3.72. The SMILES string of the molecule is CCCCCCCCOC(=O)C(C)C(C)C(=O)CC. The van der Waals surface area contributed by atoms with Gasteiger partial charge in [-0.3, -0.25) is 9.59 Å². The number of ketones is 1. The molecule has 0 saturated carbocycles. The van der Waals surface area contributed by atoms with Crippen LogP contribution in [0.5, 0.6) is 0 Å². The fourth-order valence-corrected chi connectivity index (χ4v) is 1.99. The van der Waals surface area contributed by atoms with Crippen LogP contribution in [0.4, 0.5) is 0 Å². The van der Waals surface area contributed by atoms with Crippen LogP contribution in [0.25, 0.3) is 0 Å². The molecule has 0 aromatic rings. The summed E-state index contributed by atoms with van der Waals surface area (Å²) in [5.74, 6) is -0.665. The number of rotatable bonds is 11. The number of unbranched alkanes of at least 4 members (excludes halogenated alkanes) is 5. The van der Waals surface area contributed by atoms with Crippen LogP contribution in [-0.4, -0.2) is 18.4 Å². The van der Waals surface area contributed by atoms with E-state index in [2.05, 4.69) is 6.92 Å². The Morgan fingerprint density at radius 2 is 1.47 bits per heavy atom. The first-order valence-electron chi connectivity index (χ1n) is 7.73. The van der Waals surface area contributed by atoms with Crippen LogP contribution in [0.15, 0.2) is 0 Å². The first kappa shape index (κ1) is 18.1. The van der Waals surface area contributed by atoms with Crippen LogP contribution in [0.1, 0.15) is 72.6 Å². The van der Waals surface area contributed by atoms with Gasteiger partial charge in [-0.05, 0) is 6.42 Å². The summed E-state index contributed by atoms with van der Waals surface area (Å²) < 4.78 is 5.23. The number of esters is 1. The second-order valence-electron chi connectivity index (χ2n) is 5.33. The maximum Gasteiger partial charge on any atom is 0.309 e. The van der Waals surface area contributed by atoms with Crippen molar-refractivity contribution in [1.29, 1.82) is 0 Å². The van der Waals surface area contributed by atoms with Crippen molar-refractivity contribution in [2.75, 3.05) is 6.61 Å². The molecule has 19 heavy (non-hydrogen) atoms. The maximum absolute atomic E-state index is 11.8. The Morgan fingerprint density at radius 1 is 0.895 bits per heavy atom. The van der Waals surface area contributed by atoms with Crippen molar-refractivity contribution in [2.24, 2.45) is 11.8 Å². The van der Waals surface area contributed by atoms with E-state index >= 15 is 0 Å². The summed E-state index contributed by atoms with van der Waals surface area (Å²) in [7, 11) is 0. The summed E-state index contributed by atoms with van der Waals surface area (Å²) in [6, 6.07) is 0. The van der Waals surface area contributed by atoms with Crippen molar-refractivity contribution in [3.05, 3.63) is 0 Å². The highest BCUT2D eigenvalue weighted by Gasteiger charge is 2.25. The monoisotopic (exact) mass is 270 g/mol. The molecule has 112 valence electrons. The molecule has 3 heteroatoms. The van der Waals surface area contributed by atoms with E-state index in [1.165, 1.54) is 25.7 Å². The molecule has 2 unspecified atom stereocenters. The molecule has 0 spiro atoms. The zero-order chi connectivity index (χ0) is 14.7. The summed E-state index contributed by atoms with van der Waals surface area (Å²) in [6.45, 7) is 8.10. The molecular formula is C16H30O3. The van der Waals surface area contributed by atoms with E-state index in [0.29, 0.717) is 13.0 Å². The van der Waals surface area contributed by atoms with Crippen molar-refractivity contribution in [3.63, 3.8) is 0 Å². The minimum Gasteiger partial charge on any atom is -0.465 e. The maximum atomic E-state index is 11.8. The summed E-state index contributed by atoms with van der Waals surface area (Å²) in [5.41, 5.74) is 0. The lowest BCUT2D eigenvalue weighted by atomic mass is 9.91. The van der Waals surface area contributed by atoms with E-state index < -0.39 is 0 Å².